The van der Waals surface area contributed by atoms with Crippen LogP contribution in [0.15, 0.2) is 41.1 Å². The number of hydrogen-bond acceptors (Lipinski definition) is 3. The number of nitrogens with zero attached hydrogens (tertiary/aromatic N) is 2. The fourth-order valence-electron chi connectivity index (χ4n) is 2.18. The first-order valence-electron chi connectivity index (χ1n) is 6.98. The lowest BCUT2D eigenvalue weighted by molar-refractivity contribution is 0.0950. The zero-order valence-electron chi connectivity index (χ0n) is 11.9. The molecule has 1 aliphatic carbocycles. The second-order valence-electron chi connectivity index (χ2n) is 5.36. The Morgan fingerprint density at radius 2 is 2.09 bits per heavy atom. The van der Waals surface area contributed by atoms with Crippen molar-refractivity contribution in [2.24, 2.45) is 11.7 Å². The van der Waals surface area contributed by atoms with Gasteiger partial charge >= 0.3 is 0 Å². The monoisotopic (exact) mass is 384 g/mol. The Bertz CT molecular complexity index is 639. The highest BCUT2D eigenvalue weighted by atomic mass is 79.9. The summed E-state index contributed by atoms with van der Waals surface area (Å²) < 4.78 is 2.69. The van der Waals surface area contributed by atoms with Crippen LogP contribution in [0.3, 0.4) is 0 Å². The third kappa shape index (κ3) is 4.09. The van der Waals surface area contributed by atoms with Crippen molar-refractivity contribution in [3.05, 3.63) is 46.7 Å². The van der Waals surface area contributed by atoms with E-state index >= 15 is 0 Å². The van der Waals surface area contributed by atoms with Crippen molar-refractivity contribution >= 4 is 34.2 Å². The van der Waals surface area contributed by atoms with Crippen LogP contribution in [0.5, 0.6) is 0 Å². The molecular weight excluding hydrogens is 368 g/mol. The molecule has 1 amide bonds. The average molecular weight is 386 g/mol. The second-order valence-corrected chi connectivity index (χ2v) is 6.28. The lowest BCUT2D eigenvalue weighted by Crippen LogP contribution is -2.38. The van der Waals surface area contributed by atoms with E-state index in [2.05, 4.69) is 26.3 Å². The zero-order chi connectivity index (χ0) is 14.8. The van der Waals surface area contributed by atoms with Gasteiger partial charge in [0.05, 0.1) is 17.4 Å². The molecule has 5 nitrogen and oxygen atoms in total. The van der Waals surface area contributed by atoms with E-state index in [-0.39, 0.29) is 24.4 Å². The maximum Gasteiger partial charge on any atom is 0.254 e. The van der Waals surface area contributed by atoms with Crippen LogP contribution in [0.4, 0.5) is 0 Å². The highest BCUT2D eigenvalue weighted by Crippen LogP contribution is 2.31. The molecule has 118 valence electrons. The molecule has 1 saturated carbocycles. The van der Waals surface area contributed by atoms with Crippen LogP contribution in [0.1, 0.15) is 23.2 Å². The first kappa shape index (κ1) is 17.0. The molecule has 1 unspecified atom stereocenters. The molecule has 1 aromatic carbocycles. The lowest BCUT2D eigenvalue weighted by Gasteiger charge is -2.10. The fourth-order valence-corrected chi connectivity index (χ4v) is 2.44. The fraction of sp³-hybridized carbons (Fsp3) is 0.333. The minimum atomic E-state index is -0.130. The summed E-state index contributed by atoms with van der Waals surface area (Å²) in [5, 5.41) is 7.09. The lowest BCUT2D eigenvalue weighted by atomic mass is 10.2. The van der Waals surface area contributed by atoms with Gasteiger partial charge in [0.25, 0.3) is 5.91 Å². The predicted octanol–water partition coefficient (Wildman–Crippen LogP) is 2.52. The van der Waals surface area contributed by atoms with Gasteiger partial charge in [0.2, 0.25) is 0 Å². The highest BCUT2D eigenvalue weighted by molar-refractivity contribution is 9.10. The molecule has 2 aromatic rings. The van der Waals surface area contributed by atoms with Gasteiger partial charge in [0.15, 0.2) is 0 Å². The van der Waals surface area contributed by atoms with Crippen molar-refractivity contribution < 1.29 is 4.79 Å². The van der Waals surface area contributed by atoms with Crippen LogP contribution >= 0.6 is 28.3 Å². The van der Waals surface area contributed by atoms with Gasteiger partial charge in [-0.1, -0.05) is 15.9 Å². The topological polar surface area (TPSA) is 72.9 Å². The van der Waals surface area contributed by atoms with Crippen molar-refractivity contribution in [2.45, 2.75) is 18.9 Å². The van der Waals surface area contributed by atoms with Crippen molar-refractivity contribution in [3.8, 4) is 5.69 Å². The normalized spacial score (nSPS) is 15.0. The number of carbonyl (C=O) groups excluding carboxylic acids is 1. The maximum atomic E-state index is 12.1. The number of rotatable bonds is 5. The van der Waals surface area contributed by atoms with E-state index in [4.69, 9.17) is 5.73 Å². The Morgan fingerprint density at radius 3 is 2.73 bits per heavy atom. The number of nitrogens with two attached hydrogens (primary N) is 1. The van der Waals surface area contributed by atoms with E-state index in [1.54, 1.807) is 17.1 Å². The molecule has 1 aliphatic rings. The summed E-state index contributed by atoms with van der Waals surface area (Å²) in [5.74, 6) is 0.449. The van der Waals surface area contributed by atoms with Crippen molar-refractivity contribution in [3.63, 3.8) is 0 Å². The molecule has 1 fully saturated rings. The third-order valence-electron chi connectivity index (χ3n) is 3.66. The van der Waals surface area contributed by atoms with Gasteiger partial charge in [-0.25, -0.2) is 4.68 Å². The van der Waals surface area contributed by atoms with Gasteiger partial charge in [-0.2, -0.15) is 5.10 Å². The van der Waals surface area contributed by atoms with Gasteiger partial charge in [0, 0.05) is 23.3 Å². The van der Waals surface area contributed by atoms with Gasteiger partial charge in [0.1, 0.15) is 0 Å². The molecule has 1 aromatic heterocycles. The van der Waals surface area contributed by atoms with Crippen LogP contribution in [0.25, 0.3) is 5.69 Å². The van der Waals surface area contributed by atoms with E-state index in [1.807, 2.05) is 24.3 Å². The Morgan fingerprint density at radius 1 is 1.41 bits per heavy atom. The zero-order valence-corrected chi connectivity index (χ0v) is 14.3. The molecule has 0 aliphatic heterocycles. The van der Waals surface area contributed by atoms with E-state index in [0.29, 0.717) is 18.0 Å². The number of carbonyl (C=O) groups is 1. The Hall–Kier alpha value is -1.37. The maximum absolute atomic E-state index is 12.1. The smallest absolute Gasteiger partial charge is 0.254 e. The van der Waals surface area contributed by atoms with E-state index in [0.717, 1.165) is 10.2 Å². The van der Waals surface area contributed by atoms with E-state index in [9.17, 15) is 4.79 Å². The molecule has 22 heavy (non-hydrogen) atoms. The molecule has 0 bridgehead atoms. The summed E-state index contributed by atoms with van der Waals surface area (Å²) in [5.41, 5.74) is 7.43. The number of aromatic nitrogens is 2. The Labute approximate surface area is 143 Å². The van der Waals surface area contributed by atoms with Gasteiger partial charge in [-0.05, 0) is 43.0 Å². The molecule has 0 spiro atoms. The van der Waals surface area contributed by atoms with Crippen LogP contribution in [-0.4, -0.2) is 28.3 Å². The van der Waals surface area contributed by atoms with E-state index < -0.39 is 0 Å². The van der Waals surface area contributed by atoms with Crippen molar-refractivity contribution in [1.29, 1.82) is 0 Å². The first-order valence-corrected chi connectivity index (χ1v) is 7.77. The summed E-state index contributed by atoms with van der Waals surface area (Å²) in [6.45, 7) is 0.521. The minimum absolute atomic E-state index is 0. The molecular formula is C15H18BrClN4O. The quantitative estimate of drug-likeness (QED) is 0.830. The summed E-state index contributed by atoms with van der Waals surface area (Å²) in [6, 6.07) is 7.80. The standard InChI is InChI=1S/C15H17BrN4O.ClH/c16-12-3-5-13(6-4-12)20-9-11(7-19-20)15(21)18-8-14(17)10-1-2-10;/h3-7,9-10,14H,1-2,8,17H2,(H,18,21);1H. The van der Waals surface area contributed by atoms with Crippen LogP contribution < -0.4 is 11.1 Å². The van der Waals surface area contributed by atoms with Crippen LogP contribution in [0.2, 0.25) is 0 Å². The first-order chi connectivity index (χ1) is 10.1. The second kappa shape index (κ2) is 7.26. The largest absolute Gasteiger partial charge is 0.350 e. The molecule has 3 rings (SSSR count). The number of hydrogen-bond donors (Lipinski definition) is 2. The highest BCUT2D eigenvalue weighted by Gasteiger charge is 2.28. The molecule has 0 radical (unpaired) electrons. The molecule has 1 heterocycles. The van der Waals surface area contributed by atoms with Crippen molar-refractivity contribution in [2.75, 3.05) is 6.54 Å². The third-order valence-corrected chi connectivity index (χ3v) is 4.19. The number of benzene rings is 1. The summed E-state index contributed by atoms with van der Waals surface area (Å²) >= 11 is 3.39. The van der Waals surface area contributed by atoms with Gasteiger partial charge < -0.3 is 11.1 Å². The molecule has 3 N–H and O–H groups in total. The Balaban J connectivity index is 0.00000176. The number of nitrogens with one attached hydrogen (secondary N) is 1. The van der Waals surface area contributed by atoms with Gasteiger partial charge in [-0.15, -0.1) is 12.4 Å². The van der Waals surface area contributed by atoms with Crippen molar-refractivity contribution in [1.82, 2.24) is 15.1 Å². The summed E-state index contributed by atoms with van der Waals surface area (Å²) in [7, 11) is 0. The number of amides is 1. The summed E-state index contributed by atoms with van der Waals surface area (Å²) in [4.78, 5) is 12.1. The SMILES string of the molecule is Cl.NC(CNC(=O)c1cnn(-c2ccc(Br)cc2)c1)C1CC1. The minimum Gasteiger partial charge on any atom is -0.350 e. The Kier molecular flexibility index (Phi) is 5.61. The molecule has 0 saturated heterocycles. The predicted molar refractivity (Wildman–Crippen MR) is 91.5 cm³/mol. The number of halogens is 2. The average Bonchev–Trinajstić information content (AvgIpc) is 3.23. The summed E-state index contributed by atoms with van der Waals surface area (Å²) in [6.07, 6.45) is 5.65. The van der Waals surface area contributed by atoms with E-state index in [1.165, 1.54) is 12.8 Å². The van der Waals surface area contributed by atoms with Crippen LogP contribution in [-0.2, 0) is 0 Å². The van der Waals surface area contributed by atoms with Crippen LogP contribution in [0, 0.1) is 5.92 Å². The molecule has 7 heteroatoms. The van der Waals surface area contributed by atoms with Gasteiger partial charge in [-0.3, -0.25) is 4.79 Å². The molecule has 1 atom stereocenters.